The van der Waals surface area contributed by atoms with Crippen molar-refractivity contribution in [2.75, 3.05) is 23.4 Å². The largest absolute Gasteiger partial charge is 0.392 e. The molecule has 9 nitrogen and oxygen atoms in total. The molecule has 0 bridgehead atoms. The Morgan fingerprint density at radius 2 is 1.90 bits per heavy atom. The first-order chi connectivity index (χ1) is 13.9. The SMILES string of the molecule is N=C(N)c1ccc(NC(=O)[C@H](O)[C@H]2OCCN(c3ccc(CO)cc3)C2=O)cc1. The number of aliphatic hydroxyl groups is 2. The van der Waals surface area contributed by atoms with Crippen LogP contribution in [0, 0.1) is 5.41 Å². The highest BCUT2D eigenvalue weighted by atomic mass is 16.5. The first kappa shape index (κ1) is 20.5. The van der Waals surface area contributed by atoms with Crippen LogP contribution in [-0.2, 0) is 20.9 Å². The maximum absolute atomic E-state index is 12.8. The minimum Gasteiger partial charge on any atom is -0.392 e. The van der Waals surface area contributed by atoms with Crippen molar-refractivity contribution >= 4 is 29.0 Å². The van der Waals surface area contributed by atoms with Gasteiger partial charge in [0, 0.05) is 23.5 Å². The third kappa shape index (κ3) is 4.60. The van der Waals surface area contributed by atoms with Gasteiger partial charge in [0.25, 0.3) is 11.8 Å². The number of nitrogens with one attached hydrogen (secondary N) is 2. The molecule has 0 unspecified atom stereocenters. The number of hydrogen-bond donors (Lipinski definition) is 5. The van der Waals surface area contributed by atoms with E-state index in [1.165, 1.54) is 4.90 Å². The zero-order valence-corrected chi connectivity index (χ0v) is 15.5. The van der Waals surface area contributed by atoms with Gasteiger partial charge in [-0.05, 0) is 42.0 Å². The van der Waals surface area contributed by atoms with Crippen molar-refractivity contribution in [3.63, 3.8) is 0 Å². The molecule has 9 heteroatoms. The molecule has 3 rings (SSSR count). The Labute approximate surface area is 167 Å². The van der Waals surface area contributed by atoms with Crippen molar-refractivity contribution in [2.24, 2.45) is 5.73 Å². The second-order valence-electron chi connectivity index (χ2n) is 6.53. The molecule has 0 spiro atoms. The van der Waals surface area contributed by atoms with Crippen LogP contribution in [0.3, 0.4) is 0 Å². The minimum absolute atomic E-state index is 0.101. The van der Waals surface area contributed by atoms with Gasteiger partial charge in [0.05, 0.1) is 13.2 Å². The van der Waals surface area contributed by atoms with Gasteiger partial charge in [-0.1, -0.05) is 12.1 Å². The fourth-order valence-electron chi connectivity index (χ4n) is 2.96. The maximum Gasteiger partial charge on any atom is 0.259 e. The van der Waals surface area contributed by atoms with Crippen molar-refractivity contribution in [2.45, 2.75) is 18.8 Å². The second-order valence-corrected chi connectivity index (χ2v) is 6.53. The zero-order chi connectivity index (χ0) is 21.0. The van der Waals surface area contributed by atoms with Crippen LogP contribution < -0.4 is 16.0 Å². The van der Waals surface area contributed by atoms with Gasteiger partial charge in [0.1, 0.15) is 5.84 Å². The van der Waals surface area contributed by atoms with Crippen LogP contribution in [0.5, 0.6) is 0 Å². The lowest BCUT2D eigenvalue weighted by Gasteiger charge is -2.34. The number of carbonyl (C=O) groups is 2. The standard InChI is InChI=1S/C20H22N4O5/c21-18(22)13-3-5-14(6-4-13)23-19(27)16(26)17-20(28)24(9-10-29-17)15-7-1-12(11-25)2-8-15/h1-8,16-17,25-26H,9-11H2,(H3,21,22)(H,23,27)/t16-,17-/m1/s1. The average Bonchev–Trinajstić information content (AvgIpc) is 2.74. The van der Waals surface area contributed by atoms with E-state index in [9.17, 15) is 14.7 Å². The molecule has 152 valence electrons. The Morgan fingerprint density at radius 1 is 1.24 bits per heavy atom. The second kappa shape index (κ2) is 8.82. The summed E-state index contributed by atoms with van der Waals surface area (Å²) in [6.07, 6.45) is -3.03. The molecule has 0 aliphatic carbocycles. The summed E-state index contributed by atoms with van der Waals surface area (Å²) in [7, 11) is 0. The smallest absolute Gasteiger partial charge is 0.259 e. The topological polar surface area (TPSA) is 149 Å². The molecule has 1 aliphatic heterocycles. The summed E-state index contributed by atoms with van der Waals surface area (Å²) in [6, 6.07) is 13.0. The van der Waals surface area contributed by atoms with Crippen LogP contribution >= 0.6 is 0 Å². The predicted molar refractivity (Wildman–Crippen MR) is 107 cm³/mol. The molecule has 29 heavy (non-hydrogen) atoms. The molecule has 2 amide bonds. The number of anilines is 2. The number of rotatable bonds is 6. The molecule has 1 heterocycles. The average molecular weight is 398 g/mol. The van der Waals surface area contributed by atoms with Gasteiger partial charge in [0.15, 0.2) is 12.2 Å². The molecule has 2 aromatic carbocycles. The summed E-state index contributed by atoms with van der Waals surface area (Å²) in [5.41, 5.74) is 7.57. The van der Waals surface area contributed by atoms with Crippen LogP contribution in [0.15, 0.2) is 48.5 Å². The lowest BCUT2D eigenvalue weighted by molar-refractivity contribution is -0.150. The normalized spacial score (nSPS) is 17.7. The first-order valence-corrected chi connectivity index (χ1v) is 8.97. The van der Waals surface area contributed by atoms with Gasteiger partial charge in [-0.25, -0.2) is 0 Å². The Bertz CT molecular complexity index is 898. The summed E-state index contributed by atoms with van der Waals surface area (Å²) in [4.78, 5) is 26.6. The Kier molecular flexibility index (Phi) is 6.23. The molecule has 1 aliphatic rings. The Hall–Kier alpha value is -3.27. The Morgan fingerprint density at radius 3 is 2.48 bits per heavy atom. The summed E-state index contributed by atoms with van der Waals surface area (Å²) in [5.74, 6) is -1.41. The van der Waals surface area contributed by atoms with Crippen LogP contribution in [-0.4, -0.2) is 53.2 Å². The molecule has 1 fully saturated rings. The van der Waals surface area contributed by atoms with E-state index in [1.807, 2.05) is 0 Å². The summed E-state index contributed by atoms with van der Waals surface area (Å²) >= 11 is 0. The van der Waals surface area contributed by atoms with Crippen LogP contribution in [0.2, 0.25) is 0 Å². The number of benzene rings is 2. The zero-order valence-electron chi connectivity index (χ0n) is 15.5. The van der Waals surface area contributed by atoms with E-state index in [0.717, 1.165) is 0 Å². The number of carbonyl (C=O) groups excluding carboxylic acids is 2. The van der Waals surface area contributed by atoms with E-state index in [1.54, 1.807) is 48.5 Å². The number of amidine groups is 1. The summed E-state index contributed by atoms with van der Waals surface area (Å²) in [5, 5.41) is 29.4. The van der Waals surface area contributed by atoms with E-state index in [2.05, 4.69) is 5.32 Å². The van der Waals surface area contributed by atoms with E-state index in [0.29, 0.717) is 22.5 Å². The van der Waals surface area contributed by atoms with E-state index in [4.69, 9.17) is 21.0 Å². The molecular weight excluding hydrogens is 376 g/mol. The number of nitrogens with two attached hydrogens (primary N) is 1. The van der Waals surface area contributed by atoms with Crippen molar-refractivity contribution in [3.05, 3.63) is 59.7 Å². The van der Waals surface area contributed by atoms with Gasteiger partial charge in [0.2, 0.25) is 0 Å². The van der Waals surface area contributed by atoms with Gasteiger partial charge in [-0.2, -0.15) is 0 Å². The lowest BCUT2D eigenvalue weighted by atomic mass is 10.1. The molecule has 1 saturated heterocycles. The minimum atomic E-state index is -1.70. The van der Waals surface area contributed by atoms with Crippen molar-refractivity contribution < 1.29 is 24.5 Å². The molecular formula is C20H22N4O5. The number of aliphatic hydroxyl groups excluding tert-OH is 2. The van der Waals surface area contributed by atoms with Gasteiger partial charge in [-0.15, -0.1) is 0 Å². The summed E-state index contributed by atoms with van der Waals surface area (Å²) < 4.78 is 5.37. The van der Waals surface area contributed by atoms with Gasteiger partial charge < -0.3 is 30.9 Å². The maximum atomic E-state index is 12.8. The molecule has 2 atom stereocenters. The van der Waals surface area contributed by atoms with Crippen molar-refractivity contribution in [3.8, 4) is 0 Å². The van der Waals surface area contributed by atoms with E-state index >= 15 is 0 Å². The van der Waals surface area contributed by atoms with Crippen LogP contribution in [0.4, 0.5) is 11.4 Å². The van der Waals surface area contributed by atoms with E-state index < -0.39 is 24.0 Å². The van der Waals surface area contributed by atoms with Crippen molar-refractivity contribution in [1.82, 2.24) is 0 Å². The number of hydrogen-bond acceptors (Lipinski definition) is 6. The molecule has 0 radical (unpaired) electrons. The van der Waals surface area contributed by atoms with E-state index in [-0.39, 0.29) is 25.6 Å². The highest BCUT2D eigenvalue weighted by molar-refractivity contribution is 6.04. The number of amides is 2. The molecule has 6 N–H and O–H groups in total. The quantitative estimate of drug-likeness (QED) is 0.346. The first-order valence-electron chi connectivity index (χ1n) is 8.97. The highest BCUT2D eigenvalue weighted by Crippen LogP contribution is 2.21. The Balaban J connectivity index is 1.68. The number of morpholine rings is 1. The molecule has 2 aromatic rings. The van der Waals surface area contributed by atoms with Crippen LogP contribution in [0.1, 0.15) is 11.1 Å². The lowest BCUT2D eigenvalue weighted by Crippen LogP contribution is -2.55. The van der Waals surface area contributed by atoms with Crippen molar-refractivity contribution in [1.29, 1.82) is 5.41 Å². The third-order valence-electron chi connectivity index (χ3n) is 4.57. The third-order valence-corrected chi connectivity index (χ3v) is 4.57. The highest BCUT2D eigenvalue weighted by Gasteiger charge is 2.39. The number of nitrogens with zero attached hydrogens (tertiary/aromatic N) is 1. The summed E-state index contributed by atoms with van der Waals surface area (Å²) in [6.45, 7) is 0.344. The fourth-order valence-corrected chi connectivity index (χ4v) is 2.96. The molecule has 0 saturated carbocycles. The fraction of sp³-hybridized carbons (Fsp3) is 0.250. The van der Waals surface area contributed by atoms with Crippen LogP contribution in [0.25, 0.3) is 0 Å². The number of ether oxygens (including phenoxy) is 1. The predicted octanol–water partition coefficient (Wildman–Crippen LogP) is 0.194. The van der Waals surface area contributed by atoms with Gasteiger partial charge >= 0.3 is 0 Å². The number of nitrogen functional groups attached to an aromatic ring is 1. The monoisotopic (exact) mass is 398 g/mol. The van der Waals surface area contributed by atoms with Gasteiger partial charge in [-0.3, -0.25) is 15.0 Å². The molecule has 0 aromatic heterocycles.